The summed E-state index contributed by atoms with van der Waals surface area (Å²) in [5, 5.41) is 11.6. The minimum Gasteiger partial charge on any atom is -0.382 e. The molecule has 0 saturated carbocycles. The van der Waals surface area contributed by atoms with Crippen LogP contribution in [0.25, 0.3) is 0 Å². The van der Waals surface area contributed by atoms with Gasteiger partial charge in [0.15, 0.2) is 0 Å². The van der Waals surface area contributed by atoms with Gasteiger partial charge in [0.25, 0.3) is 0 Å². The zero-order valence-corrected chi connectivity index (χ0v) is 16.4. The second kappa shape index (κ2) is 8.20. The zero-order valence-electron chi connectivity index (χ0n) is 15.6. The molecule has 0 spiro atoms. The summed E-state index contributed by atoms with van der Waals surface area (Å²) in [5.41, 5.74) is 1.91. The van der Waals surface area contributed by atoms with Gasteiger partial charge in [0.2, 0.25) is 10.0 Å². The molecule has 0 aliphatic heterocycles. The van der Waals surface area contributed by atoms with Crippen molar-refractivity contribution in [1.29, 1.82) is 5.26 Å². The first kappa shape index (κ1) is 21.7. The number of anilines is 1. The van der Waals surface area contributed by atoms with Gasteiger partial charge in [0.05, 0.1) is 16.1 Å². The Bertz CT molecular complexity index is 989. The Morgan fingerprint density at radius 2 is 1.68 bits per heavy atom. The Morgan fingerprint density at radius 3 is 2.21 bits per heavy atom. The number of para-hydroxylation sites is 1. The minimum atomic E-state index is -4.83. The van der Waals surface area contributed by atoms with Crippen molar-refractivity contribution in [3.8, 4) is 6.07 Å². The van der Waals surface area contributed by atoms with E-state index in [1.807, 2.05) is 6.07 Å². The fourth-order valence-corrected chi connectivity index (χ4v) is 4.68. The molecule has 28 heavy (non-hydrogen) atoms. The predicted molar refractivity (Wildman–Crippen MR) is 100 cm³/mol. The summed E-state index contributed by atoms with van der Waals surface area (Å²) in [7, 11) is -4.42. The van der Waals surface area contributed by atoms with Gasteiger partial charge in [-0.15, -0.1) is 0 Å². The van der Waals surface area contributed by atoms with Crippen molar-refractivity contribution in [2.75, 3.05) is 11.9 Å². The summed E-state index contributed by atoms with van der Waals surface area (Å²) in [4.78, 5) is -0.162. The number of benzene rings is 2. The molecule has 9 heteroatoms. The van der Waals surface area contributed by atoms with E-state index in [1.165, 1.54) is 12.1 Å². The van der Waals surface area contributed by atoms with E-state index >= 15 is 0 Å². The number of hydrogen-bond donors (Lipinski definition) is 2. The highest BCUT2D eigenvalue weighted by molar-refractivity contribution is 7.89. The van der Waals surface area contributed by atoms with Gasteiger partial charge >= 0.3 is 6.18 Å². The lowest BCUT2D eigenvalue weighted by molar-refractivity contribution is -0.148. The minimum absolute atomic E-state index is 0.162. The van der Waals surface area contributed by atoms with Crippen LogP contribution in [0.2, 0.25) is 0 Å². The second-order valence-electron chi connectivity index (χ2n) is 6.48. The number of aryl methyl sites for hydroxylation is 3. The first-order valence-corrected chi connectivity index (χ1v) is 9.84. The van der Waals surface area contributed by atoms with E-state index < -0.39 is 28.8 Å². The highest BCUT2D eigenvalue weighted by atomic mass is 32.2. The molecule has 2 N–H and O–H groups in total. The number of rotatable bonds is 6. The maximum atomic E-state index is 13.5. The van der Waals surface area contributed by atoms with Gasteiger partial charge in [0, 0.05) is 6.54 Å². The molecule has 150 valence electrons. The summed E-state index contributed by atoms with van der Waals surface area (Å²) in [6, 6.07) is 8.75. The summed E-state index contributed by atoms with van der Waals surface area (Å²) < 4.78 is 67.6. The van der Waals surface area contributed by atoms with Crippen LogP contribution in [0, 0.1) is 32.1 Å². The Kier molecular flexibility index (Phi) is 6.37. The fraction of sp³-hybridized carbons (Fsp3) is 0.316. The lowest BCUT2D eigenvalue weighted by atomic mass is 10.1. The Hall–Kier alpha value is -2.57. The molecule has 0 saturated heterocycles. The van der Waals surface area contributed by atoms with Crippen molar-refractivity contribution < 1.29 is 21.6 Å². The third-order valence-corrected chi connectivity index (χ3v) is 5.89. The maximum absolute atomic E-state index is 13.5. The van der Waals surface area contributed by atoms with E-state index in [1.54, 1.807) is 49.8 Å². The number of hydrogen-bond acceptors (Lipinski definition) is 4. The van der Waals surface area contributed by atoms with Crippen LogP contribution < -0.4 is 10.0 Å². The summed E-state index contributed by atoms with van der Waals surface area (Å²) in [6.07, 6.45) is -4.83. The lowest BCUT2D eigenvalue weighted by Gasteiger charge is -2.24. The van der Waals surface area contributed by atoms with Crippen molar-refractivity contribution in [1.82, 2.24) is 4.72 Å². The highest BCUT2D eigenvalue weighted by Crippen LogP contribution is 2.26. The van der Waals surface area contributed by atoms with Crippen LogP contribution >= 0.6 is 0 Å². The molecule has 1 atom stereocenters. The van der Waals surface area contributed by atoms with Gasteiger partial charge < -0.3 is 5.32 Å². The molecule has 0 aliphatic carbocycles. The molecular formula is C19H20F3N3O2S. The fourth-order valence-electron chi connectivity index (χ4n) is 3.01. The first-order valence-electron chi connectivity index (χ1n) is 8.35. The van der Waals surface area contributed by atoms with Crippen molar-refractivity contribution in [3.63, 3.8) is 0 Å². The van der Waals surface area contributed by atoms with E-state index in [-0.39, 0.29) is 16.1 Å². The molecule has 5 nitrogen and oxygen atoms in total. The molecule has 0 amide bonds. The molecule has 2 aromatic carbocycles. The quantitative estimate of drug-likeness (QED) is 0.758. The second-order valence-corrected chi connectivity index (χ2v) is 8.13. The molecular weight excluding hydrogens is 391 g/mol. The summed E-state index contributed by atoms with van der Waals surface area (Å²) in [5.74, 6) is 0. The van der Waals surface area contributed by atoms with E-state index in [4.69, 9.17) is 5.26 Å². The number of nitriles is 1. The standard InChI is InChI=1S/C19H20F3N3O2S/c1-12-8-13(2)18(14(3)9-12)28(26,27)25-17(19(20,21)22)11-24-16-7-5-4-6-15(16)10-23/h4-9,17,24-25H,11H2,1-3H3. The van der Waals surface area contributed by atoms with Crippen molar-refractivity contribution in [3.05, 3.63) is 58.7 Å². The van der Waals surface area contributed by atoms with Crippen LogP contribution in [-0.4, -0.2) is 27.2 Å². The van der Waals surface area contributed by atoms with E-state index in [9.17, 15) is 21.6 Å². The Balaban J connectivity index is 2.31. The third kappa shape index (κ3) is 5.03. The van der Waals surface area contributed by atoms with Gasteiger partial charge in [-0.2, -0.15) is 23.2 Å². The predicted octanol–water partition coefficient (Wildman–Crippen LogP) is 3.80. The van der Waals surface area contributed by atoms with Crippen LogP contribution in [-0.2, 0) is 10.0 Å². The highest BCUT2D eigenvalue weighted by Gasteiger charge is 2.42. The van der Waals surface area contributed by atoms with Crippen molar-refractivity contribution >= 4 is 15.7 Å². The average Bonchev–Trinajstić information content (AvgIpc) is 2.56. The van der Waals surface area contributed by atoms with E-state index in [2.05, 4.69) is 5.32 Å². The van der Waals surface area contributed by atoms with Crippen LogP contribution in [0.5, 0.6) is 0 Å². The monoisotopic (exact) mass is 411 g/mol. The number of nitrogens with one attached hydrogen (secondary N) is 2. The molecule has 0 radical (unpaired) electrons. The summed E-state index contributed by atoms with van der Waals surface area (Å²) >= 11 is 0. The van der Waals surface area contributed by atoms with Gasteiger partial charge in [-0.1, -0.05) is 29.8 Å². The largest absolute Gasteiger partial charge is 0.406 e. The molecule has 0 heterocycles. The Morgan fingerprint density at radius 1 is 1.11 bits per heavy atom. The van der Waals surface area contributed by atoms with Crippen LogP contribution in [0.15, 0.2) is 41.3 Å². The topological polar surface area (TPSA) is 82.0 Å². The van der Waals surface area contributed by atoms with Crippen LogP contribution in [0.4, 0.5) is 18.9 Å². The average molecular weight is 411 g/mol. The molecule has 0 aliphatic rings. The maximum Gasteiger partial charge on any atom is 0.406 e. The van der Waals surface area contributed by atoms with Gasteiger partial charge in [0.1, 0.15) is 12.1 Å². The van der Waals surface area contributed by atoms with E-state index in [0.717, 1.165) is 5.56 Å². The zero-order chi connectivity index (χ0) is 21.1. The summed E-state index contributed by atoms with van der Waals surface area (Å²) in [6.45, 7) is 4.10. The Labute approximate surface area is 162 Å². The van der Waals surface area contributed by atoms with Crippen LogP contribution in [0.1, 0.15) is 22.3 Å². The first-order chi connectivity index (χ1) is 13.0. The number of nitrogens with zero attached hydrogens (tertiary/aromatic N) is 1. The number of halogens is 3. The third-order valence-electron chi connectivity index (χ3n) is 4.11. The van der Waals surface area contributed by atoms with E-state index in [0.29, 0.717) is 11.1 Å². The van der Waals surface area contributed by atoms with Crippen molar-refractivity contribution in [2.45, 2.75) is 37.9 Å². The van der Waals surface area contributed by atoms with Gasteiger partial charge in [-0.05, 0) is 44.0 Å². The lowest BCUT2D eigenvalue weighted by Crippen LogP contribution is -2.49. The molecule has 0 bridgehead atoms. The SMILES string of the molecule is Cc1cc(C)c(S(=O)(=O)NC(CNc2ccccc2C#N)C(F)(F)F)c(C)c1. The molecule has 2 aromatic rings. The smallest absolute Gasteiger partial charge is 0.382 e. The number of alkyl halides is 3. The van der Waals surface area contributed by atoms with Crippen molar-refractivity contribution in [2.24, 2.45) is 0 Å². The van der Waals surface area contributed by atoms with Gasteiger partial charge in [-0.25, -0.2) is 8.42 Å². The molecule has 0 aromatic heterocycles. The van der Waals surface area contributed by atoms with Gasteiger partial charge in [-0.3, -0.25) is 0 Å². The molecule has 0 fully saturated rings. The molecule has 2 rings (SSSR count). The number of sulfonamides is 1. The van der Waals surface area contributed by atoms with Crippen LogP contribution in [0.3, 0.4) is 0 Å². The normalized spacial score (nSPS) is 13.0. The molecule has 1 unspecified atom stereocenters.